The van der Waals surface area contributed by atoms with E-state index in [1.165, 1.54) is 4.90 Å². The van der Waals surface area contributed by atoms with Crippen molar-refractivity contribution in [3.8, 4) is 0 Å². The zero-order valence-electron chi connectivity index (χ0n) is 17.4. The topological polar surface area (TPSA) is 102 Å². The number of carbonyl (C=O) groups excluding carboxylic acids is 2. The van der Waals surface area contributed by atoms with Crippen LogP contribution in [0, 0.1) is 11.8 Å². The van der Waals surface area contributed by atoms with E-state index in [1.807, 2.05) is 0 Å². The zero-order valence-corrected chi connectivity index (χ0v) is 17.4. The highest BCUT2D eigenvalue weighted by Crippen LogP contribution is 2.46. The van der Waals surface area contributed by atoms with Crippen molar-refractivity contribution in [1.29, 1.82) is 0 Å². The first-order valence-corrected chi connectivity index (χ1v) is 10.5. The van der Waals surface area contributed by atoms with E-state index >= 15 is 0 Å². The smallest absolute Gasteiger partial charge is 0.264 e. The Hall–Kier alpha value is -2.48. The number of rotatable bonds is 8. The molecular weight excluding hydrogens is 382 g/mol. The van der Waals surface area contributed by atoms with Crippen molar-refractivity contribution < 1.29 is 19.8 Å². The summed E-state index contributed by atoms with van der Waals surface area (Å²) in [6.45, 7) is 7.34. The zero-order chi connectivity index (χ0) is 21.7. The van der Waals surface area contributed by atoms with Crippen LogP contribution in [-0.4, -0.2) is 48.3 Å². The third kappa shape index (κ3) is 4.19. The molecule has 2 aliphatic heterocycles. The van der Waals surface area contributed by atoms with Gasteiger partial charge in [0, 0.05) is 36.9 Å². The molecule has 1 fully saturated rings. The molecule has 2 amide bonds. The Kier molecular flexibility index (Phi) is 7.07. The van der Waals surface area contributed by atoms with Crippen LogP contribution in [0.3, 0.4) is 0 Å². The number of nitrogens with one attached hydrogen (secondary N) is 2. The molecule has 1 aromatic rings. The molecule has 1 aromatic carbocycles. The minimum atomic E-state index is -1.75. The van der Waals surface area contributed by atoms with Gasteiger partial charge in [-0.2, -0.15) is 0 Å². The van der Waals surface area contributed by atoms with E-state index < -0.39 is 17.4 Å². The van der Waals surface area contributed by atoms with Crippen LogP contribution in [0.15, 0.2) is 43.0 Å². The Morgan fingerprint density at radius 2 is 2.30 bits per heavy atom. The van der Waals surface area contributed by atoms with Gasteiger partial charge in [0.05, 0.1) is 11.6 Å². The average Bonchev–Trinajstić information content (AvgIpc) is 2.97. The molecule has 2 heterocycles. The fourth-order valence-corrected chi connectivity index (χ4v) is 4.17. The lowest BCUT2D eigenvalue weighted by atomic mass is 9.82. The second-order valence-electron chi connectivity index (χ2n) is 7.96. The van der Waals surface area contributed by atoms with Crippen LogP contribution >= 0.6 is 0 Å². The number of fused-ring (bicyclic) bond motifs is 1. The number of carbonyl (C=O) groups is 2. The summed E-state index contributed by atoms with van der Waals surface area (Å²) in [5.74, 6) is -1.09. The first-order chi connectivity index (χ1) is 14.4. The van der Waals surface area contributed by atoms with Gasteiger partial charge in [-0.15, -0.1) is 6.58 Å². The van der Waals surface area contributed by atoms with Crippen molar-refractivity contribution >= 4 is 23.2 Å². The average molecular weight is 414 g/mol. The fourth-order valence-electron chi connectivity index (χ4n) is 4.17. The minimum absolute atomic E-state index is 0.000967. The molecule has 2 aliphatic rings. The Morgan fingerprint density at radius 1 is 1.50 bits per heavy atom. The highest BCUT2D eigenvalue weighted by Gasteiger charge is 2.52. The van der Waals surface area contributed by atoms with Crippen LogP contribution in [0.4, 0.5) is 11.4 Å². The van der Waals surface area contributed by atoms with Crippen LogP contribution < -0.4 is 15.5 Å². The van der Waals surface area contributed by atoms with Gasteiger partial charge in [-0.25, -0.2) is 0 Å². The largest absolute Gasteiger partial charge is 0.396 e. The summed E-state index contributed by atoms with van der Waals surface area (Å²) in [7, 11) is 0. The van der Waals surface area contributed by atoms with Crippen molar-refractivity contribution in [2.24, 2.45) is 11.8 Å². The van der Waals surface area contributed by atoms with Gasteiger partial charge < -0.3 is 25.7 Å². The molecular formula is C23H31N3O4. The fraction of sp³-hybridized carbons (Fsp3) is 0.478. The second kappa shape index (κ2) is 9.55. The molecule has 4 N–H and O–H groups in total. The van der Waals surface area contributed by atoms with E-state index in [1.54, 1.807) is 43.4 Å². The lowest BCUT2D eigenvalue weighted by Gasteiger charge is -2.27. The van der Waals surface area contributed by atoms with E-state index in [9.17, 15) is 14.7 Å². The molecule has 3 atom stereocenters. The molecule has 0 saturated carbocycles. The lowest BCUT2D eigenvalue weighted by Crippen LogP contribution is -2.44. The van der Waals surface area contributed by atoms with Crippen molar-refractivity contribution in [3.63, 3.8) is 0 Å². The SMILES string of the molecule is C=CCN1C(=O)[C@](O)([C@H](C)/C=C/CCO)c2cc(NC(=O)C3CCCNC3)ccc21. The molecule has 0 radical (unpaired) electrons. The van der Waals surface area contributed by atoms with Gasteiger partial charge in [0.25, 0.3) is 5.91 Å². The molecule has 30 heavy (non-hydrogen) atoms. The summed E-state index contributed by atoms with van der Waals surface area (Å²) >= 11 is 0. The van der Waals surface area contributed by atoms with Gasteiger partial charge >= 0.3 is 0 Å². The van der Waals surface area contributed by atoms with Crippen LogP contribution in [-0.2, 0) is 15.2 Å². The standard InChI is InChI=1S/C23H31N3O4/c1-3-12-26-20-10-9-18(25-21(28)17-8-6-11-24-15-17)14-19(20)23(30,22(26)29)16(2)7-4-5-13-27/h3-4,7,9-10,14,16-17,24,27,30H,1,5-6,8,11-13,15H2,2H3,(H,25,28)/b7-4+/t16-,17?,23+/m1/s1. The Morgan fingerprint density at radius 3 is 2.97 bits per heavy atom. The van der Waals surface area contributed by atoms with Gasteiger partial charge in [0.2, 0.25) is 5.91 Å². The molecule has 0 aromatic heterocycles. The van der Waals surface area contributed by atoms with Gasteiger partial charge in [-0.05, 0) is 44.0 Å². The van der Waals surface area contributed by atoms with E-state index in [0.29, 0.717) is 29.9 Å². The number of benzene rings is 1. The van der Waals surface area contributed by atoms with Gasteiger partial charge in [0.1, 0.15) is 0 Å². The summed E-state index contributed by atoms with van der Waals surface area (Å²) in [5, 5.41) is 26.7. The van der Waals surface area contributed by atoms with Crippen LogP contribution in [0.2, 0.25) is 0 Å². The molecule has 1 saturated heterocycles. The predicted molar refractivity (Wildman–Crippen MR) is 117 cm³/mol. The Labute approximate surface area is 177 Å². The van der Waals surface area contributed by atoms with Crippen LogP contribution in [0.1, 0.15) is 31.7 Å². The molecule has 0 aliphatic carbocycles. The number of hydrogen-bond donors (Lipinski definition) is 4. The van der Waals surface area contributed by atoms with Crippen molar-refractivity contribution in [2.75, 3.05) is 36.5 Å². The van der Waals surface area contributed by atoms with E-state index in [-0.39, 0.29) is 25.0 Å². The van der Waals surface area contributed by atoms with Crippen LogP contribution in [0.5, 0.6) is 0 Å². The van der Waals surface area contributed by atoms with Crippen LogP contribution in [0.25, 0.3) is 0 Å². The van der Waals surface area contributed by atoms with Crippen molar-refractivity contribution in [3.05, 3.63) is 48.6 Å². The number of aliphatic hydroxyl groups is 2. The van der Waals surface area contributed by atoms with E-state index in [2.05, 4.69) is 17.2 Å². The molecule has 7 nitrogen and oxygen atoms in total. The number of hydrogen-bond acceptors (Lipinski definition) is 5. The summed E-state index contributed by atoms with van der Waals surface area (Å²) in [4.78, 5) is 27.3. The monoisotopic (exact) mass is 413 g/mol. The molecule has 162 valence electrons. The maximum absolute atomic E-state index is 13.2. The van der Waals surface area contributed by atoms with Crippen molar-refractivity contribution in [2.45, 2.75) is 31.8 Å². The normalized spacial score (nSPS) is 24.7. The van der Waals surface area contributed by atoms with Crippen molar-refractivity contribution in [1.82, 2.24) is 5.32 Å². The number of piperidine rings is 1. The van der Waals surface area contributed by atoms with Gasteiger partial charge in [-0.1, -0.05) is 25.2 Å². The summed E-state index contributed by atoms with van der Waals surface area (Å²) in [6, 6.07) is 5.21. The summed E-state index contributed by atoms with van der Waals surface area (Å²) in [6.07, 6.45) is 7.37. The Bertz CT molecular complexity index is 832. The quantitative estimate of drug-likeness (QED) is 0.488. The van der Waals surface area contributed by atoms with E-state index in [0.717, 1.165) is 19.4 Å². The molecule has 7 heteroatoms. The first kappa shape index (κ1) is 22.2. The second-order valence-corrected chi connectivity index (χ2v) is 7.96. The first-order valence-electron chi connectivity index (χ1n) is 10.5. The van der Waals surface area contributed by atoms with Gasteiger partial charge in [0.15, 0.2) is 5.60 Å². The molecule has 0 spiro atoms. The summed E-state index contributed by atoms with van der Waals surface area (Å²) < 4.78 is 0. The number of amides is 2. The third-order valence-electron chi connectivity index (χ3n) is 5.90. The molecule has 0 bridgehead atoms. The maximum atomic E-state index is 13.2. The van der Waals surface area contributed by atoms with Gasteiger partial charge in [-0.3, -0.25) is 9.59 Å². The predicted octanol–water partition coefficient (Wildman–Crippen LogP) is 1.92. The highest BCUT2D eigenvalue weighted by atomic mass is 16.3. The molecule has 1 unspecified atom stereocenters. The lowest BCUT2D eigenvalue weighted by molar-refractivity contribution is -0.139. The highest BCUT2D eigenvalue weighted by molar-refractivity contribution is 6.08. The Balaban J connectivity index is 1.92. The number of aliphatic hydroxyl groups excluding tert-OH is 1. The van der Waals surface area contributed by atoms with E-state index in [4.69, 9.17) is 5.11 Å². The molecule has 3 rings (SSSR count). The maximum Gasteiger partial charge on any atom is 0.264 e. The third-order valence-corrected chi connectivity index (χ3v) is 5.90. The number of anilines is 2. The minimum Gasteiger partial charge on any atom is -0.396 e. The summed E-state index contributed by atoms with van der Waals surface area (Å²) in [5.41, 5.74) is -0.114. The number of nitrogens with zero attached hydrogens (tertiary/aromatic N) is 1.